The van der Waals surface area contributed by atoms with Gasteiger partial charge < -0.3 is 10.6 Å². The monoisotopic (exact) mass is 264 g/mol. The number of amides is 1. The maximum atomic E-state index is 12.1. The lowest BCUT2D eigenvalue weighted by molar-refractivity contribution is 0.0934. The van der Waals surface area contributed by atoms with E-state index in [9.17, 15) is 4.79 Å². The molecule has 1 aliphatic rings. The molecule has 1 amide bonds. The van der Waals surface area contributed by atoms with Crippen molar-refractivity contribution < 1.29 is 4.79 Å². The van der Waals surface area contributed by atoms with Gasteiger partial charge in [0.15, 0.2) is 0 Å². The van der Waals surface area contributed by atoms with Gasteiger partial charge in [0, 0.05) is 19.6 Å². The maximum absolute atomic E-state index is 12.1. The molecule has 0 bridgehead atoms. The van der Waals surface area contributed by atoms with Crippen LogP contribution in [-0.4, -0.2) is 34.8 Å². The van der Waals surface area contributed by atoms with Crippen molar-refractivity contribution >= 4 is 5.91 Å². The molecule has 5 nitrogen and oxygen atoms in total. The highest BCUT2D eigenvalue weighted by Crippen LogP contribution is 2.14. The summed E-state index contributed by atoms with van der Waals surface area (Å²) in [5, 5.41) is 10.8. The average Bonchev–Trinajstić information content (AvgIpc) is 2.79. The first-order valence-electron chi connectivity index (χ1n) is 7.16. The van der Waals surface area contributed by atoms with Gasteiger partial charge >= 0.3 is 0 Å². The van der Waals surface area contributed by atoms with E-state index in [-0.39, 0.29) is 5.91 Å². The number of rotatable bonds is 4. The summed E-state index contributed by atoms with van der Waals surface area (Å²) >= 11 is 0. The summed E-state index contributed by atoms with van der Waals surface area (Å²) in [7, 11) is 1.82. The number of piperidine rings is 1. The Hall–Kier alpha value is -1.36. The smallest absolute Gasteiger partial charge is 0.269 e. The fourth-order valence-electron chi connectivity index (χ4n) is 2.59. The Morgan fingerprint density at radius 2 is 2.42 bits per heavy atom. The number of aryl methyl sites for hydroxylation is 2. The minimum atomic E-state index is -0.0331. The van der Waals surface area contributed by atoms with Gasteiger partial charge in [0.2, 0.25) is 0 Å². The highest BCUT2D eigenvalue weighted by Gasteiger charge is 2.22. The second-order valence-corrected chi connectivity index (χ2v) is 5.39. The number of hydrogen-bond acceptors (Lipinski definition) is 3. The van der Waals surface area contributed by atoms with Crippen LogP contribution in [-0.2, 0) is 13.5 Å². The summed E-state index contributed by atoms with van der Waals surface area (Å²) < 4.78 is 1.66. The van der Waals surface area contributed by atoms with Gasteiger partial charge in [-0.25, -0.2) is 0 Å². The molecule has 0 spiro atoms. The number of nitrogens with one attached hydrogen (secondary N) is 2. The molecule has 0 aliphatic carbocycles. The van der Waals surface area contributed by atoms with Crippen LogP contribution in [0, 0.1) is 5.92 Å². The van der Waals surface area contributed by atoms with Crippen molar-refractivity contribution in [2.75, 3.05) is 13.1 Å². The maximum Gasteiger partial charge on any atom is 0.269 e. The molecule has 0 aromatic carbocycles. The van der Waals surface area contributed by atoms with Crippen LogP contribution in [0.3, 0.4) is 0 Å². The van der Waals surface area contributed by atoms with Gasteiger partial charge in [0.1, 0.15) is 5.69 Å². The molecule has 2 rings (SSSR count). The molecule has 2 unspecified atom stereocenters. The Bertz CT molecular complexity index is 441. The van der Waals surface area contributed by atoms with Gasteiger partial charge in [-0.2, -0.15) is 5.10 Å². The van der Waals surface area contributed by atoms with Gasteiger partial charge in [-0.1, -0.05) is 13.8 Å². The molecule has 106 valence electrons. The first-order valence-corrected chi connectivity index (χ1v) is 7.16. The lowest BCUT2D eigenvalue weighted by Gasteiger charge is -2.30. The van der Waals surface area contributed by atoms with Crippen LogP contribution < -0.4 is 10.6 Å². The zero-order chi connectivity index (χ0) is 13.8. The molecular weight excluding hydrogens is 240 g/mol. The number of carbonyl (C=O) groups is 1. The zero-order valence-corrected chi connectivity index (χ0v) is 12.1. The SMILES string of the molecule is CCc1cc(C(=O)NCC2NCCCC2C)n(C)n1. The topological polar surface area (TPSA) is 59.0 Å². The van der Waals surface area contributed by atoms with E-state index in [0.29, 0.717) is 24.2 Å². The lowest BCUT2D eigenvalue weighted by Crippen LogP contribution is -2.48. The highest BCUT2D eigenvalue weighted by atomic mass is 16.2. The molecule has 1 fully saturated rings. The summed E-state index contributed by atoms with van der Waals surface area (Å²) in [5.74, 6) is 0.584. The molecule has 2 N–H and O–H groups in total. The van der Waals surface area contributed by atoms with Gasteiger partial charge in [-0.15, -0.1) is 0 Å². The molecule has 2 atom stereocenters. The Morgan fingerprint density at radius 3 is 3.05 bits per heavy atom. The molecule has 1 aromatic heterocycles. The van der Waals surface area contributed by atoms with Crippen LogP contribution >= 0.6 is 0 Å². The van der Waals surface area contributed by atoms with Crippen molar-refractivity contribution in [2.45, 2.75) is 39.2 Å². The van der Waals surface area contributed by atoms with Crippen molar-refractivity contribution in [3.63, 3.8) is 0 Å². The van der Waals surface area contributed by atoms with Gasteiger partial charge in [0.05, 0.1) is 5.69 Å². The molecular formula is C14H24N4O. The summed E-state index contributed by atoms with van der Waals surface area (Å²) in [6, 6.07) is 2.25. The van der Waals surface area contributed by atoms with E-state index in [1.165, 1.54) is 12.8 Å². The van der Waals surface area contributed by atoms with E-state index < -0.39 is 0 Å². The highest BCUT2D eigenvalue weighted by molar-refractivity contribution is 5.92. The predicted octanol–water partition coefficient (Wildman–Crippen LogP) is 1.10. The summed E-state index contributed by atoms with van der Waals surface area (Å²) in [5.41, 5.74) is 1.59. The first kappa shape index (κ1) is 14.1. The fraction of sp³-hybridized carbons (Fsp3) is 0.714. The first-order chi connectivity index (χ1) is 9.11. The van der Waals surface area contributed by atoms with Crippen LogP contribution in [0.1, 0.15) is 42.9 Å². The van der Waals surface area contributed by atoms with Crippen molar-refractivity contribution in [2.24, 2.45) is 13.0 Å². The standard InChI is InChI=1S/C14H24N4O/c1-4-11-8-13(18(3)17-11)14(19)16-9-12-10(2)6-5-7-15-12/h8,10,12,15H,4-7,9H2,1-3H3,(H,16,19). The van der Waals surface area contributed by atoms with Crippen LogP contribution in [0.5, 0.6) is 0 Å². The molecule has 19 heavy (non-hydrogen) atoms. The van der Waals surface area contributed by atoms with E-state index in [1.54, 1.807) is 4.68 Å². The number of hydrogen-bond donors (Lipinski definition) is 2. The van der Waals surface area contributed by atoms with Crippen molar-refractivity contribution in [3.8, 4) is 0 Å². The Labute approximate surface area is 114 Å². The van der Waals surface area contributed by atoms with E-state index in [4.69, 9.17) is 0 Å². The van der Waals surface area contributed by atoms with E-state index in [1.807, 2.05) is 20.0 Å². The summed E-state index contributed by atoms with van der Waals surface area (Å²) in [6.45, 7) is 6.02. The normalized spacial score (nSPS) is 23.3. The van der Waals surface area contributed by atoms with Gasteiger partial charge in [-0.05, 0) is 37.8 Å². The van der Waals surface area contributed by atoms with E-state index >= 15 is 0 Å². The molecule has 0 saturated carbocycles. The molecule has 0 radical (unpaired) electrons. The number of nitrogens with zero attached hydrogens (tertiary/aromatic N) is 2. The quantitative estimate of drug-likeness (QED) is 0.856. The molecule has 1 aliphatic heterocycles. The van der Waals surface area contributed by atoms with Crippen LogP contribution in [0.2, 0.25) is 0 Å². The molecule has 5 heteroatoms. The zero-order valence-electron chi connectivity index (χ0n) is 12.1. The average molecular weight is 264 g/mol. The number of aromatic nitrogens is 2. The van der Waals surface area contributed by atoms with E-state index in [2.05, 4.69) is 22.7 Å². The summed E-state index contributed by atoms with van der Waals surface area (Å²) in [4.78, 5) is 12.1. The van der Waals surface area contributed by atoms with Crippen LogP contribution in [0.15, 0.2) is 6.07 Å². The van der Waals surface area contributed by atoms with Crippen molar-refractivity contribution in [1.82, 2.24) is 20.4 Å². The predicted molar refractivity (Wildman–Crippen MR) is 75.1 cm³/mol. The number of carbonyl (C=O) groups excluding carboxylic acids is 1. The fourth-order valence-corrected chi connectivity index (χ4v) is 2.59. The van der Waals surface area contributed by atoms with E-state index in [0.717, 1.165) is 18.7 Å². The Kier molecular flexibility index (Phi) is 4.58. The van der Waals surface area contributed by atoms with Gasteiger partial charge in [0.25, 0.3) is 5.91 Å². The minimum Gasteiger partial charge on any atom is -0.349 e. The third kappa shape index (κ3) is 3.35. The minimum absolute atomic E-state index is 0.0331. The third-order valence-corrected chi connectivity index (χ3v) is 3.94. The molecule has 2 heterocycles. The van der Waals surface area contributed by atoms with Crippen molar-refractivity contribution in [3.05, 3.63) is 17.5 Å². The van der Waals surface area contributed by atoms with Crippen LogP contribution in [0.4, 0.5) is 0 Å². The second kappa shape index (κ2) is 6.19. The molecule has 1 aromatic rings. The van der Waals surface area contributed by atoms with Crippen molar-refractivity contribution in [1.29, 1.82) is 0 Å². The lowest BCUT2D eigenvalue weighted by atomic mass is 9.93. The Morgan fingerprint density at radius 1 is 1.63 bits per heavy atom. The second-order valence-electron chi connectivity index (χ2n) is 5.39. The Balaban J connectivity index is 1.91. The van der Waals surface area contributed by atoms with Crippen LogP contribution in [0.25, 0.3) is 0 Å². The van der Waals surface area contributed by atoms with Gasteiger partial charge in [-0.3, -0.25) is 9.48 Å². The molecule has 1 saturated heterocycles. The largest absolute Gasteiger partial charge is 0.349 e. The third-order valence-electron chi connectivity index (χ3n) is 3.94. The summed E-state index contributed by atoms with van der Waals surface area (Å²) in [6.07, 6.45) is 3.31.